The van der Waals surface area contributed by atoms with Crippen LogP contribution in [0, 0.1) is 11.8 Å². The highest BCUT2D eigenvalue weighted by Gasteiger charge is 2.43. The Bertz CT molecular complexity index is 592. The fraction of sp³-hybridized carbons (Fsp3) is 0.824. The number of aromatic nitrogens is 3. The summed E-state index contributed by atoms with van der Waals surface area (Å²) in [5.74, 6) is 0.763. The van der Waals surface area contributed by atoms with E-state index < -0.39 is 5.60 Å². The van der Waals surface area contributed by atoms with Gasteiger partial charge < -0.3 is 10.4 Å². The first-order valence-corrected chi connectivity index (χ1v) is 8.91. The summed E-state index contributed by atoms with van der Waals surface area (Å²) in [7, 11) is 0. The van der Waals surface area contributed by atoms with Gasteiger partial charge in [-0.1, -0.05) is 5.21 Å². The Labute approximate surface area is 143 Å². The molecule has 3 saturated heterocycles. The van der Waals surface area contributed by atoms with E-state index in [0.29, 0.717) is 17.7 Å². The summed E-state index contributed by atoms with van der Waals surface area (Å²) in [5.41, 5.74) is -0.378. The minimum absolute atomic E-state index is 0.111. The van der Waals surface area contributed by atoms with Gasteiger partial charge in [0.1, 0.15) is 11.3 Å². The van der Waals surface area contributed by atoms with Gasteiger partial charge in [0, 0.05) is 18.6 Å². The van der Waals surface area contributed by atoms with Crippen LogP contribution < -0.4 is 5.32 Å². The smallest absolute Gasteiger partial charge is 0.224 e. The summed E-state index contributed by atoms with van der Waals surface area (Å²) in [6, 6.07) is 0.586. The number of aliphatic hydroxyl groups is 1. The van der Waals surface area contributed by atoms with E-state index in [1.807, 2.05) is 24.7 Å². The monoisotopic (exact) mass is 335 g/mol. The second-order valence-electron chi connectivity index (χ2n) is 8.09. The van der Waals surface area contributed by atoms with E-state index in [1.165, 1.54) is 0 Å². The van der Waals surface area contributed by atoms with Crippen LogP contribution in [0.25, 0.3) is 0 Å². The zero-order valence-electron chi connectivity index (χ0n) is 15.1. The number of nitrogens with one attached hydrogen (secondary N) is 1. The Morgan fingerprint density at radius 3 is 2.79 bits per heavy atom. The van der Waals surface area contributed by atoms with E-state index >= 15 is 0 Å². The van der Waals surface area contributed by atoms with Gasteiger partial charge in [0.2, 0.25) is 5.91 Å². The lowest BCUT2D eigenvalue weighted by atomic mass is 9.75. The molecule has 4 rings (SSSR count). The SMILES string of the molecule is CC(C)NC(=O)[C@@H]1CN2CC[C@H]1C[C@@H]2Cn1cc(C(C)(C)O)nn1. The first-order chi connectivity index (χ1) is 11.2. The molecule has 0 spiro atoms. The van der Waals surface area contributed by atoms with Gasteiger partial charge in [0.15, 0.2) is 0 Å². The van der Waals surface area contributed by atoms with E-state index in [9.17, 15) is 9.90 Å². The highest BCUT2D eigenvalue weighted by molar-refractivity contribution is 5.79. The third kappa shape index (κ3) is 3.62. The van der Waals surface area contributed by atoms with Crippen molar-refractivity contribution in [3.63, 3.8) is 0 Å². The van der Waals surface area contributed by atoms with E-state index in [4.69, 9.17) is 0 Å². The molecule has 7 heteroatoms. The van der Waals surface area contributed by atoms with Crippen LogP contribution >= 0.6 is 0 Å². The second kappa shape index (κ2) is 6.44. The normalized spacial score (nSPS) is 29.9. The Morgan fingerprint density at radius 2 is 2.25 bits per heavy atom. The topological polar surface area (TPSA) is 83.3 Å². The maximum Gasteiger partial charge on any atom is 0.224 e. The number of carbonyl (C=O) groups is 1. The molecular weight excluding hydrogens is 306 g/mol. The molecule has 0 aliphatic carbocycles. The molecule has 0 aromatic carbocycles. The number of rotatable bonds is 5. The van der Waals surface area contributed by atoms with Crippen LogP contribution in [0.5, 0.6) is 0 Å². The molecule has 1 aromatic heterocycles. The van der Waals surface area contributed by atoms with Gasteiger partial charge in [0.05, 0.1) is 18.7 Å². The summed E-state index contributed by atoms with van der Waals surface area (Å²) in [6.45, 7) is 10.1. The summed E-state index contributed by atoms with van der Waals surface area (Å²) in [4.78, 5) is 14.8. The van der Waals surface area contributed by atoms with Crippen molar-refractivity contribution in [2.45, 2.75) is 64.8 Å². The minimum Gasteiger partial charge on any atom is -0.384 e. The average molecular weight is 335 g/mol. The van der Waals surface area contributed by atoms with Crippen LogP contribution in [0.15, 0.2) is 6.20 Å². The van der Waals surface area contributed by atoms with Crippen molar-refractivity contribution < 1.29 is 9.90 Å². The molecule has 1 unspecified atom stereocenters. The van der Waals surface area contributed by atoms with Crippen LogP contribution in [-0.2, 0) is 16.9 Å². The van der Waals surface area contributed by atoms with Crippen LogP contribution in [-0.4, -0.2) is 56.1 Å². The van der Waals surface area contributed by atoms with E-state index in [2.05, 4.69) is 20.5 Å². The van der Waals surface area contributed by atoms with Gasteiger partial charge in [-0.15, -0.1) is 5.10 Å². The molecule has 24 heavy (non-hydrogen) atoms. The molecule has 4 heterocycles. The third-order valence-corrected chi connectivity index (χ3v) is 5.21. The van der Waals surface area contributed by atoms with Gasteiger partial charge in [-0.25, -0.2) is 0 Å². The quantitative estimate of drug-likeness (QED) is 0.829. The zero-order valence-corrected chi connectivity index (χ0v) is 15.1. The second-order valence-corrected chi connectivity index (χ2v) is 8.09. The number of amides is 1. The van der Waals surface area contributed by atoms with Crippen molar-refractivity contribution in [3.8, 4) is 0 Å². The van der Waals surface area contributed by atoms with Gasteiger partial charge >= 0.3 is 0 Å². The number of hydrogen-bond acceptors (Lipinski definition) is 5. The zero-order chi connectivity index (χ0) is 17.5. The summed E-state index contributed by atoms with van der Waals surface area (Å²) < 4.78 is 1.82. The number of piperidine rings is 3. The van der Waals surface area contributed by atoms with Gasteiger partial charge in [-0.2, -0.15) is 0 Å². The average Bonchev–Trinajstić information content (AvgIpc) is 2.96. The van der Waals surface area contributed by atoms with E-state index in [1.54, 1.807) is 13.8 Å². The molecule has 0 saturated carbocycles. The van der Waals surface area contributed by atoms with E-state index in [-0.39, 0.29) is 17.9 Å². The van der Waals surface area contributed by atoms with Crippen molar-refractivity contribution >= 4 is 5.91 Å². The van der Waals surface area contributed by atoms with Crippen LogP contribution in [0.4, 0.5) is 0 Å². The Hall–Kier alpha value is -1.47. The predicted molar refractivity (Wildman–Crippen MR) is 90.1 cm³/mol. The number of hydrogen-bond donors (Lipinski definition) is 2. The lowest BCUT2D eigenvalue weighted by Gasteiger charge is -2.49. The molecule has 7 nitrogen and oxygen atoms in total. The molecule has 4 atom stereocenters. The molecular formula is C17H29N5O2. The molecule has 3 aliphatic heterocycles. The lowest BCUT2D eigenvalue weighted by molar-refractivity contribution is -0.133. The fourth-order valence-electron chi connectivity index (χ4n) is 3.90. The van der Waals surface area contributed by atoms with Crippen molar-refractivity contribution in [2.24, 2.45) is 11.8 Å². The van der Waals surface area contributed by atoms with Crippen LogP contribution in [0.3, 0.4) is 0 Å². The first kappa shape index (κ1) is 17.4. The standard InChI is InChI=1S/C17H29N5O2/c1-11(2)18-16(23)14-9-21-6-5-12(14)7-13(21)8-22-10-15(19-20-22)17(3,4)24/h10-14,24H,5-9H2,1-4H3,(H,18,23)/t12-,13+,14+/m0/s1. The number of carbonyl (C=O) groups excluding carboxylic acids is 1. The Balaban J connectivity index is 1.62. The Morgan fingerprint density at radius 1 is 1.50 bits per heavy atom. The maximum atomic E-state index is 12.4. The fourth-order valence-corrected chi connectivity index (χ4v) is 3.90. The number of fused-ring (bicyclic) bond motifs is 3. The van der Waals surface area contributed by atoms with Gasteiger partial charge in [0.25, 0.3) is 0 Å². The van der Waals surface area contributed by atoms with Crippen LogP contribution in [0.1, 0.15) is 46.2 Å². The highest BCUT2D eigenvalue weighted by atomic mass is 16.3. The molecule has 2 N–H and O–H groups in total. The van der Waals surface area contributed by atoms with Crippen molar-refractivity contribution in [2.75, 3.05) is 13.1 Å². The molecule has 0 radical (unpaired) electrons. The molecule has 3 fully saturated rings. The summed E-state index contributed by atoms with van der Waals surface area (Å²) in [5, 5.41) is 21.3. The highest BCUT2D eigenvalue weighted by Crippen LogP contribution is 2.37. The Kier molecular flexibility index (Phi) is 4.66. The maximum absolute atomic E-state index is 12.4. The minimum atomic E-state index is -0.968. The van der Waals surface area contributed by atoms with Gasteiger partial charge in [-0.3, -0.25) is 14.4 Å². The molecule has 2 bridgehead atoms. The molecule has 1 aromatic rings. The third-order valence-electron chi connectivity index (χ3n) is 5.21. The predicted octanol–water partition coefficient (Wildman–Crippen LogP) is 0.740. The first-order valence-electron chi connectivity index (χ1n) is 8.91. The largest absolute Gasteiger partial charge is 0.384 e. The molecule has 134 valence electrons. The van der Waals surface area contributed by atoms with Gasteiger partial charge in [-0.05, 0) is 53.0 Å². The summed E-state index contributed by atoms with van der Waals surface area (Å²) >= 11 is 0. The van der Waals surface area contributed by atoms with E-state index in [0.717, 1.165) is 32.5 Å². The molecule has 3 aliphatic rings. The van der Waals surface area contributed by atoms with Crippen molar-refractivity contribution in [3.05, 3.63) is 11.9 Å². The van der Waals surface area contributed by atoms with Crippen molar-refractivity contribution in [1.82, 2.24) is 25.2 Å². The summed E-state index contributed by atoms with van der Waals surface area (Å²) in [6.07, 6.45) is 3.94. The molecule has 1 amide bonds. The lowest BCUT2D eigenvalue weighted by Crippen LogP contribution is -2.58. The van der Waals surface area contributed by atoms with Crippen molar-refractivity contribution in [1.29, 1.82) is 0 Å². The van der Waals surface area contributed by atoms with Crippen LogP contribution in [0.2, 0.25) is 0 Å². The number of nitrogens with zero attached hydrogens (tertiary/aromatic N) is 4.